The van der Waals surface area contributed by atoms with Crippen LogP contribution in [0.1, 0.15) is 5.56 Å². The number of hydrogen-bond donors (Lipinski definition) is 1. The van der Waals surface area contributed by atoms with E-state index in [1.807, 2.05) is 6.07 Å². The molecule has 1 heterocycles. The van der Waals surface area contributed by atoms with Gasteiger partial charge in [0.15, 0.2) is 11.5 Å². The van der Waals surface area contributed by atoms with Crippen molar-refractivity contribution >= 4 is 39.3 Å². The monoisotopic (exact) mass is 390 g/mol. The first-order chi connectivity index (χ1) is 11.5. The summed E-state index contributed by atoms with van der Waals surface area (Å²) in [6.45, 7) is 0.0169. The summed E-state index contributed by atoms with van der Waals surface area (Å²) < 4.78 is 11.2. The molecule has 0 bridgehead atoms. The molecule has 2 aromatic rings. The van der Waals surface area contributed by atoms with E-state index >= 15 is 0 Å². The number of nitro groups is 1. The van der Waals surface area contributed by atoms with Crippen molar-refractivity contribution in [2.45, 2.75) is 0 Å². The molecule has 2 aromatic carbocycles. The first-order valence-corrected chi connectivity index (χ1v) is 7.65. The van der Waals surface area contributed by atoms with Crippen LogP contribution in [-0.2, 0) is 4.79 Å². The molecule has 122 valence electrons. The summed E-state index contributed by atoms with van der Waals surface area (Å²) in [5, 5.41) is 13.8. The van der Waals surface area contributed by atoms with E-state index in [-0.39, 0.29) is 18.0 Å². The predicted molar refractivity (Wildman–Crippen MR) is 91.0 cm³/mol. The molecule has 0 radical (unpaired) electrons. The topological polar surface area (TPSA) is 90.7 Å². The van der Waals surface area contributed by atoms with Crippen molar-refractivity contribution in [3.63, 3.8) is 0 Å². The van der Waals surface area contributed by atoms with Gasteiger partial charge in [-0.15, -0.1) is 0 Å². The number of halogens is 1. The standard InChI is InChI=1S/C16H11BrN2O5/c17-11-2-1-3-12(7-11)18-16(20)5-4-10-6-14-15(24-9-23-14)8-13(10)19(21)22/h1-8H,9H2,(H,18,20)/b5-4+. The SMILES string of the molecule is O=C(/C=C/c1cc2c(cc1[N+](=O)[O-])OCO2)Nc1cccc(Br)c1. The van der Waals surface area contributed by atoms with Crippen LogP contribution in [-0.4, -0.2) is 17.6 Å². The second-order valence-electron chi connectivity index (χ2n) is 4.85. The largest absolute Gasteiger partial charge is 0.454 e. The highest BCUT2D eigenvalue weighted by atomic mass is 79.9. The minimum absolute atomic E-state index is 0.0169. The van der Waals surface area contributed by atoms with Crippen LogP contribution >= 0.6 is 15.9 Å². The Labute approximate surface area is 145 Å². The molecule has 0 aliphatic carbocycles. The zero-order chi connectivity index (χ0) is 17.1. The van der Waals surface area contributed by atoms with E-state index in [9.17, 15) is 14.9 Å². The molecule has 24 heavy (non-hydrogen) atoms. The van der Waals surface area contributed by atoms with Crippen LogP contribution < -0.4 is 14.8 Å². The lowest BCUT2D eigenvalue weighted by Crippen LogP contribution is -2.07. The highest BCUT2D eigenvalue weighted by molar-refractivity contribution is 9.10. The van der Waals surface area contributed by atoms with Crippen molar-refractivity contribution in [3.05, 3.63) is 62.6 Å². The molecule has 1 N–H and O–H groups in total. The zero-order valence-electron chi connectivity index (χ0n) is 12.2. The summed E-state index contributed by atoms with van der Waals surface area (Å²) in [5.41, 5.74) is 0.707. The van der Waals surface area contributed by atoms with Crippen molar-refractivity contribution in [3.8, 4) is 11.5 Å². The van der Waals surface area contributed by atoms with E-state index in [0.717, 1.165) is 4.47 Å². The Morgan fingerprint density at radius 3 is 2.71 bits per heavy atom. The highest BCUT2D eigenvalue weighted by Gasteiger charge is 2.22. The van der Waals surface area contributed by atoms with E-state index in [1.54, 1.807) is 18.2 Å². The number of nitro benzene ring substituents is 1. The Morgan fingerprint density at radius 1 is 1.25 bits per heavy atom. The summed E-state index contributed by atoms with van der Waals surface area (Å²) in [7, 11) is 0. The van der Waals surface area contributed by atoms with Gasteiger partial charge in [0.2, 0.25) is 12.7 Å². The van der Waals surface area contributed by atoms with Crippen LogP contribution in [0.2, 0.25) is 0 Å². The normalized spacial score (nSPS) is 12.4. The maximum absolute atomic E-state index is 12.0. The van der Waals surface area contributed by atoms with Crippen LogP contribution in [0.5, 0.6) is 11.5 Å². The molecule has 1 aliphatic heterocycles. The minimum Gasteiger partial charge on any atom is -0.454 e. The molecule has 3 rings (SSSR count). The number of nitrogens with one attached hydrogen (secondary N) is 1. The van der Waals surface area contributed by atoms with E-state index in [2.05, 4.69) is 21.2 Å². The smallest absolute Gasteiger partial charge is 0.280 e. The molecule has 0 unspecified atom stereocenters. The molecule has 0 saturated heterocycles. The summed E-state index contributed by atoms with van der Waals surface area (Å²) in [5.74, 6) is 0.324. The zero-order valence-corrected chi connectivity index (χ0v) is 13.8. The van der Waals surface area contributed by atoms with Gasteiger partial charge in [-0.05, 0) is 30.3 Å². The number of amides is 1. The molecule has 8 heteroatoms. The number of benzene rings is 2. The Kier molecular flexibility index (Phi) is 4.48. The maximum Gasteiger partial charge on any atom is 0.280 e. The Hall–Kier alpha value is -2.87. The summed E-state index contributed by atoms with van der Waals surface area (Å²) >= 11 is 3.31. The molecule has 0 atom stereocenters. The Morgan fingerprint density at radius 2 is 2.00 bits per heavy atom. The first kappa shape index (κ1) is 16.0. The lowest BCUT2D eigenvalue weighted by molar-refractivity contribution is -0.385. The van der Waals surface area contributed by atoms with Gasteiger partial charge in [0.05, 0.1) is 16.6 Å². The van der Waals surface area contributed by atoms with Gasteiger partial charge < -0.3 is 14.8 Å². The minimum atomic E-state index is -0.534. The number of rotatable bonds is 4. The van der Waals surface area contributed by atoms with Crippen molar-refractivity contribution in [1.29, 1.82) is 0 Å². The average Bonchev–Trinajstić information content (AvgIpc) is 2.99. The van der Waals surface area contributed by atoms with Gasteiger partial charge in [-0.3, -0.25) is 14.9 Å². The van der Waals surface area contributed by atoms with Crippen LogP contribution in [0.15, 0.2) is 46.9 Å². The third kappa shape index (κ3) is 3.54. The van der Waals surface area contributed by atoms with Gasteiger partial charge >= 0.3 is 0 Å². The van der Waals surface area contributed by atoms with Crippen molar-refractivity contribution in [2.75, 3.05) is 12.1 Å². The Balaban J connectivity index is 1.81. The number of nitrogens with zero attached hydrogens (tertiary/aromatic N) is 1. The van der Waals surface area contributed by atoms with Gasteiger partial charge in [0.1, 0.15) is 0 Å². The van der Waals surface area contributed by atoms with Crippen molar-refractivity contribution < 1.29 is 19.2 Å². The van der Waals surface area contributed by atoms with Crippen LogP contribution in [0.25, 0.3) is 6.08 Å². The third-order valence-electron chi connectivity index (χ3n) is 3.22. The fourth-order valence-corrected chi connectivity index (χ4v) is 2.55. The summed E-state index contributed by atoms with van der Waals surface area (Å²) in [6.07, 6.45) is 2.60. The van der Waals surface area contributed by atoms with Gasteiger partial charge in [-0.2, -0.15) is 0 Å². The number of carbonyl (C=O) groups excluding carboxylic acids is 1. The molecule has 0 spiro atoms. The number of anilines is 1. The lowest BCUT2D eigenvalue weighted by atomic mass is 10.1. The van der Waals surface area contributed by atoms with E-state index in [0.29, 0.717) is 17.2 Å². The fourth-order valence-electron chi connectivity index (χ4n) is 2.15. The van der Waals surface area contributed by atoms with Crippen LogP contribution in [0, 0.1) is 10.1 Å². The van der Waals surface area contributed by atoms with E-state index < -0.39 is 10.8 Å². The van der Waals surface area contributed by atoms with Gasteiger partial charge in [0, 0.05) is 16.2 Å². The van der Waals surface area contributed by atoms with Gasteiger partial charge in [-0.1, -0.05) is 22.0 Å². The van der Waals surface area contributed by atoms with Crippen molar-refractivity contribution in [1.82, 2.24) is 0 Å². The molecule has 0 fully saturated rings. The van der Waals surface area contributed by atoms with Crippen molar-refractivity contribution in [2.24, 2.45) is 0 Å². The fraction of sp³-hybridized carbons (Fsp3) is 0.0625. The maximum atomic E-state index is 12.0. The van der Waals surface area contributed by atoms with Gasteiger partial charge in [-0.25, -0.2) is 0 Å². The number of hydrogen-bond acceptors (Lipinski definition) is 5. The van der Waals surface area contributed by atoms with Crippen LogP contribution in [0.3, 0.4) is 0 Å². The molecule has 0 saturated carbocycles. The summed E-state index contributed by atoms with van der Waals surface area (Å²) in [4.78, 5) is 22.6. The number of carbonyl (C=O) groups is 1. The molecule has 0 aromatic heterocycles. The molecular weight excluding hydrogens is 380 g/mol. The Bertz CT molecular complexity index is 850. The quantitative estimate of drug-likeness (QED) is 0.487. The molecule has 7 nitrogen and oxygen atoms in total. The second kappa shape index (κ2) is 6.71. The first-order valence-electron chi connectivity index (χ1n) is 6.85. The highest BCUT2D eigenvalue weighted by Crippen LogP contribution is 2.38. The average molecular weight is 391 g/mol. The van der Waals surface area contributed by atoms with E-state index in [4.69, 9.17) is 9.47 Å². The number of fused-ring (bicyclic) bond motifs is 1. The molecule has 1 aliphatic rings. The molecule has 1 amide bonds. The number of ether oxygens (including phenoxy) is 2. The summed E-state index contributed by atoms with van der Waals surface area (Å²) in [6, 6.07) is 9.86. The van der Waals surface area contributed by atoms with E-state index in [1.165, 1.54) is 24.3 Å². The second-order valence-corrected chi connectivity index (χ2v) is 5.77. The third-order valence-corrected chi connectivity index (χ3v) is 3.72. The lowest BCUT2D eigenvalue weighted by Gasteiger charge is -2.03. The predicted octanol–water partition coefficient (Wildman–Crippen LogP) is 3.74. The van der Waals surface area contributed by atoms with Crippen LogP contribution in [0.4, 0.5) is 11.4 Å². The molecular formula is C16H11BrN2O5. The van der Waals surface area contributed by atoms with Gasteiger partial charge in [0.25, 0.3) is 5.69 Å².